The lowest BCUT2D eigenvalue weighted by Crippen LogP contribution is -2.39. The summed E-state index contributed by atoms with van der Waals surface area (Å²) >= 11 is 0. The molecular formula is C16H29N5O2. The van der Waals surface area contributed by atoms with E-state index in [-0.39, 0.29) is 5.91 Å². The smallest absolute Gasteiger partial charge is 0.221 e. The van der Waals surface area contributed by atoms with Crippen molar-refractivity contribution < 1.29 is 9.32 Å². The van der Waals surface area contributed by atoms with E-state index in [0.717, 1.165) is 42.8 Å². The van der Waals surface area contributed by atoms with Gasteiger partial charge in [0.2, 0.25) is 5.91 Å². The summed E-state index contributed by atoms with van der Waals surface area (Å²) in [5.74, 6) is 1.62. The molecule has 0 saturated carbocycles. The average molecular weight is 323 g/mol. The second kappa shape index (κ2) is 10.6. The Morgan fingerprint density at radius 1 is 1.13 bits per heavy atom. The number of carbonyl (C=O) groups is 1. The summed E-state index contributed by atoms with van der Waals surface area (Å²) in [6, 6.07) is 0. The van der Waals surface area contributed by atoms with E-state index in [1.807, 2.05) is 13.8 Å². The van der Waals surface area contributed by atoms with Crippen molar-refractivity contribution in [2.45, 2.75) is 53.0 Å². The van der Waals surface area contributed by atoms with Gasteiger partial charge in [0, 0.05) is 45.1 Å². The van der Waals surface area contributed by atoms with Crippen molar-refractivity contribution in [1.82, 2.24) is 21.1 Å². The molecular weight excluding hydrogens is 294 g/mol. The van der Waals surface area contributed by atoms with Gasteiger partial charge in [-0.15, -0.1) is 0 Å². The Morgan fingerprint density at radius 3 is 2.52 bits per heavy atom. The molecule has 3 N–H and O–H groups in total. The minimum Gasteiger partial charge on any atom is -0.361 e. The monoisotopic (exact) mass is 323 g/mol. The van der Waals surface area contributed by atoms with Crippen molar-refractivity contribution in [2.75, 3.05) is 20.1 Å². The maximum Gasteiger partial charge on any atom is 0.221 e. The highest BCUT2D eigenvalue weighted by Crippen LogP contribution is 2.15. The zero-order valence-electron chi connectivity index (χ0n) is 14.7. The Morgan fingerprint density at radius 2 is 1.91 bits per heavy atom. The SMILES string of the molecule is CCCNC(=O)CCNC(=NC)NCc1c(CC)noc1CC. The van der Waals surface area contributed by atoms with Crippen LogP contribution >= 0.6 is 0 Å². The van der Waals surface area contributed by atoms with Gasteiger partial charge in [-0.25, -0.2) is 0 Å². The molecule has 0 bridgehead atoms. The van der Waals surface area contributed by atoms with Gasteiger partial charge in [0.1, 0.15) is 5.76 Å². The maximum atomic E-state index is 11.6. The van der Waals surface area contributed by atoms with Gasteiger partial charge < -0.3 is 20.5 Å². The highest BCUT2D eigenvalue weighted by Gasteiger charge is 2.13. The summed E-state index contributed by atoms with van der Waals surface area (Å²) in [4.78, 5) is 15.7. The predicted octanol–water partition coefficient (Wildman–Crippen LogP) is 1.38. The van der Waals surface area contributed by atoms with E-state index in [4.69, 9.17) is 4.52 Å². The molecule has 23 heavy (non-hydrogen) atoms. The summed E-state index contributed by atoms with van der Waals surface area (Å²) in [6.45, 7) is 8.01. The van der Waals surface area contributed by atoms with Crippen LogP contribution in [-0.2, 0) is 24.2 Å². The number of hydrogen-bond acceptors (Lipinski definition) is 4. The molecule has 0 atom stereocenters. The van der Waals surface area contributed by atoms with E-state index in [9.17, 15) is 4.79 Å². The van der Waals surface area contributed by atoms with Crippen molar-refractivity contribution in [3.05, 3.63) is 17.0 Å². The van der Waals surface area contributed by atoms with E-state index in [1.54, 1.807) is 7.05 Å². The molecule has 130 valence electrons. The van der Waals surface area contributed by atoms with E-state index in [2.05, 4.69) is 33.0 Å². The van der Waals surface area contributed by atoms with Gasteiger partial charge in [-0.05, 0) is 12.8 Å². The van der Waals surface area contributed by atoms with Crippen LogP contribution in [0.1, 0.15) is 50.6 Å². The van der Waals surface area contributed by atoms with Gasteiger partial charge in [-0.3, -0.25) is 9.79 Å². The second-order valence-electron chi connectivity index (χ2n) is 5.19. The van der Waals surface area contributed by atoms with Crippen LogP contribution in [0.25, 0.3) is 0 Å². The molecule has 1 heterocycles. The molecule has 0 spiro atoms. The standard InChI is InChI=1S/C16H29N5O2/c1-5-9-18-15(22)8-10-19-16(17-4)20-11-12-13(6-2)21-23-14(12)7-3/h5-11H2,1-4H3,(H,18,22)(H2,17,19,20). The number of guanidine groups is 1. The molecule has 0 unspecified atom stereocenters. The lowest BCUT2D eigenvalue weighted by atomic mass is 10.1. The first kappa shape index (κ1) is 19.0. The normalized spacial score (nSPS) is 11.4. The first-order valence-electron chi connectivity index (χ1n) is 8.33. The van der Waals surface area contributed by atoms with Crippen molar-refractivity contribution >= 4 is 11.9 Å². The predicted molar refractivity (Wildman–Crippen MR) is 91.4 cm³/mol. The van der Waals surface area contributed by atoms with Crippen LogP contribution < -0.4 is 16.0 Å². The minimum atomic E-state index is 0.0513. The van der Waals surface area contributed by atoms with Gasteiger partial charge in [-0.1, -0.05) is 25.9 Å². The van der Waals surface area contributed by atoms with Gasteiger partial charge in [0.05, 0.1) is 5.69 Å². The van der Waals surface area contributed by atoms with E-state index < -0.39 is 0 Å². The van der Waals surface area contributed by atoms with E-state index >= 15 is 0 Å². The molecule has 0 fully saturated rings. The molecule has 0 aliphatic rings. The third-order valence-corrected chi connectivity index (χ3v) is 3.48. The number of nitrogens with zero attached hydrogens (tertiary/aromatic N) is 2. The Bertz CT molecular complexity index is 489. The molecule has 1 amide bonds. The number of aryl methyl sites for hydroxylation is 2. The number of amides is 1. The number of rotatable bonds is 9. The van der Waals surface area contributed by atoms with Crippen molar-refractivity contribution in [1.29, 1.82) is 0 Å². The molecule has 0 aliphatic carbocycles. The maximum absolute atomic E-state index is 11.6. The molecule has 7 nitrogen and oxygen atoms in total. The molecule has 1 aromatic rings. The molecule has 0 radical (unpaired) electrons. The van der Waals surface area contributed by atoms with Crippen molar-refractivity contribution in [3.8, 4) is 0 Å². The number of aromatic nitrogens is 1. The number of nitrogens with one attached hydrogen (secondary N) is 3. The van der Waals surface area contributed by atoms with E-state index in [1.165, 1.54) is 0 Å². The molecule has 7 heteroatoms. The molecule has 1 aromatic heterocycles. The van der Waals surface area contributed by atoms with Crippen LogP contribution in [0.5, 0.6) is 0 Å². The Balaban J connectivity index is 2.43. The second-order valence-corrected chi connectivity index (χ2v) is 5.19. The quantitative estimate of drug-likeness (QED) is 0.472. The van der Waals surface area contributed by atoms with Gasteiger partial charge in [-0.2, -0.15) is 0 Å². The lowest BCUT2D eigenvalue weighted by Gasteiger charge is -2.12. The summed E-state index contributed by atoms with van der Waals surface area (Å²) in [7, 11) is 1.71. The lowest BCUT2D eigenvalue weighted by molar-refractivity contribution is -0.120. The zero-order chi connectivity index (χ0) is 17.1. The van der Waals surface area contributed by atoms with Crippen LogP contribution in [-0.4, -0.2) is 37.2 Å². The summed E-state index contributed by atoms with van der Waals surface area (Å²) in [5.41, 5.74) is 2.07. The molecule has 0 aromatic carbocycles. The molecule has 1 rings (SSSR count). The van der Waals surface area contributed by atoms with Crippen LogP contribution in [0.15, 0.2) is 9.52 Å². The summed E-state index contributed by atoms with van der Waals surface area (Å²) in [6.07, 6.45) is 3.02. The number of hydrogen-bond donors (Lipinski definition) is 3. The molecule has 0 saturated heterocycles. The van der Waals surface area contributed by atoms with Gasteiger partial charge >= 0.3 is 0 Å². The Kier molecular flexibility index (Phi) is 8.79. The summed E-state index contributed by atoms with van der Waals surface area (Å²) in [5, 5.41) is 13.3. The third-order valence-electron chi connectivity index (χ3n) is 3.48. The van der Waals surface area contributed by atoms with Crippen LogP contribution in [0.4, 0.5) is 0 Å². The van der Waals surface area contributed by atoms with E-state index in [0.29, 0.717) is 25.5 Å². The fourth-order valence-corrected chi connectivity index (χ4v) is 2.18. The first-order chi connectivity index (χ1) is 11.2. The minimum absolute atomic E-state index is 0.0513. The summed E-state index contributed by atoms with van der Waals surface area (Å²) < 4.78 is 5.35. The topological polar surface area (TPSA) is 91.5 Å². The first-order valence-corrected chi connectivity index (χ1v) is 8.33. The van der Waals surface area contributed by atoms with Gasteiger partial charge in [0.15, 0.2) is 5.96 Å². The van der Waals surface area contributed by atoms with Crippen LogP contribution in [0.3, 0.4) is 0 Å². The third kappa shape index (κ3) is 6.30. The zero-order valence-corrected chi connectivity index (χ0v) is 14.7. The van der Waals surface area contributed by atoms with Crippen LogP contribution in [0, 0.1) is 0 Å². The Hall–Kier alpha value is -2.05. The van der Waals surface area contributed by atoms with Gasteiger partial charge in [0.25, 0.3) is 0 Å². The number of aliphatic imine (C=N–C) groups is 1. The van der Waals surface area contributed by atoms with Crippen molar-refractivity contribution in [3.63, 3.8) is 0 Å². The highest BCUT2D eigenvalue weighted by atomic mass is 16.5. The fraction of sp³-hybridized carbons (Fsp3) is 0.688. The highest BCUT2D eigenvalue weighted by molar-refractivity contribution is 5.81. The largest absolute Gasteiger partial charge is 0.361 e. The van der Waals surface area contributed by atoms with Crippen LogP contribution in [0.2, 0.25) is 0 Å². The fourth-order valence-electron chi connectivity index (χ4n) is 2.18. The van der Waals surface area contributed by atoms with Crippen molar-refractivity contribution in [2.24, 2.45) is 4.99 Å². The Labute approximate surface area is 138 Å². The molecule has 0 aliphatic heterocycles. The number of carbonyl (C=O) groups excluding carboxylic acids is 1. The average Bonchev–Trinajstić information content (AvgIpc) is 2.97.